The van der Waals surface area contributed by atoms with Crippen molar-refractivity contribution in [1.82, 2.24) is 5.32 Å². The van der Waals surface area contributed by atoms with Gasteiger partial charge in [-0.05, 0) is 54.6 Å². The van der Waals surface area contributed by atoms with Gasteiger partial charge in [0, 0.05) is 24.3 Å². The van der Waals surface area contributed by atoms with Gasteiger partial charge in [-0.1, -0.05) is 23.7 Å². The molecule has 3 aromatic rings. The number of nitrogens with one attached hydrogen (secondary N) is 3. The van der Waals surface area contributed by atoms with Crippen LogP contribution in [-0.2, 0) is 4.79 Å². The zero-order valence-electron chi connectivity index (χ0n) is 18.4. The van der Waals surface area contributed by atoms with Crippen LogP contribution in [-0.4, -0.2) is 44.5 Å². The van der Waals surface area contributed by atoms with Gasteiger partial charge in [0.05, 0.1) is 35.6 Å². The molecule has 3 amide bonds. The van der Waals surface area contributed by atoms with E-state index in [1.165, 1.54) is 0 Å². The second-order valence-electron chi connectivity index (χ2n) is 7.62. The molecule has 4 rings (SSSR count). The molecule has 1 fully saturated rings. The summed E-state index contributed by atoms with van der Waals surface area (Å²) in [6.45, 7) is 1.43. The van der Waals surface area contributed by atoms with E-state index in [2.05, 4.69) is 16.0 Å². The number of para-hydroxylation sites is 1. The van der Waals surface area contributed by atoms with Crippen LogP contribution in [0.3, 0.4) is 0 Å². The smallest absolute Gasteiger partial charge is 0.257 e. The summed E-state index contributed by atoms with van der Waals surface area (Å²) in [7, 11) is 1.55. The molecule has 1 saturated heterocycles. The maximum absolute atomic E-state index is 13.0. The molecule has 0 aliphatic carbocycles. The quantitative estimate of drug-likeness (QED) is 0.500. The maximum Gasteiger partial charge on any atom is 0.257 e. The van der Waals surface area contributed by atoms with Crippen LogP contribution in [0, 0.1) is 0 Å². The van der Waals surface area contributed by atoms with Gasteiger partial charge in [0.1, 0.15) is 5.75 Å². The molecule has 1 aliphatic rings. The number of benzene rings is 3. The summed E-state index contributed by atoms with van der Waals surface area (Å²) in [4.78, 5) is 39.2. The molecule has 3 aromatic carbocycles. The minimum atomic E-state index is -0.396. The average Bonchev–Trinajstić information content (AvgIpc) is 2.84. The van der Waals surface area contributed by atoms with E-state index in [0.29, 0.717) is 46.4 Å². The minimum Gasteiger partial charge on any atom is -0.497 e. The summed E-state index contributed by atoms with van der Waals surface area (Å²) in [5, 5.41) is 8.80. The number of carbonyl (C=O) groups is 3. The van der Waals surface area contributed by atoms with Crippen LogP contribution in [0.4, 0.5) is 17.1 Å². The highest BCUT2D eigenvalue weighted by Crippen LogP contribution is 2.30. The number of rotatable bonds is 6. The van der Waals surface area contributed by atoms with Crippen molar-refractivity contribution in [2.24, 2.45) is 0 Å². The molecule has 34 heavy (non-hydrogen) atoms. The van der Waals surface area contributed by atoms with Crippen LogP contribution in [0.2, 0.25) is 5.02 Å². The lowest BCUT2D eigenvalue weighted by atomic mass is 10.1. The van der Waals surface area contributed by atoms with Gasteiger partial charge in [-0.3, -0.25) is 14.4 Å². The SMILES string of the molecule is COc1ccc(C(=O)Nc2ccccc2C(=O)Nc2ccc(N3CCNC(=O)C3)c(Cl)c2)cc1. The molecule has 8 nitrogen and oxygen atoms in total. The molecule has 9 heteroatoms. The van der Waals surface area contributed by atoms with Crippen LogP contribution in [0.15, 0.2) is 66.7 Å². The number of anilines is 3. The molecule has 1 aliphatic heterocycles. The number of amides is 3. The standard InChI is InChI=1S/C25H23ClN4O4/c1-34-18-9-6-16(7-10-18)24(32)29-21-5-3-2-4-19(21)25(33)28-17-8-11-22(20(26)14-17)30-13-12-27-23(31)15-30/h2-11,14H,12-13,15H2,1H3,(H,27,31)(H,28,33)(H,29,32). The predicted octanol–water partition coefficient (Wildman–Crippen LogP) is 3.79. The minimum absolute atomic E-state index is 0.0620. The fraction of sp³-hybridized carbons (Fsp3) is 0.160. The van der Waals surface area contributed by atoms with Crippen molar-refractivity contribution >= 4 is 46.4 Å². The number of hydrogen-bond donors (Lipinski definition) is 3. The third kappa shape index (κ3) is 5.29. The number of piperazine rings is 1. The first-order valence-electron chi connectivity index (χ1n) is 10.6. The number of ether oxygens (including phenoxy) is 1. The van der Waals surface area contributed by atoms with Gasteiger partial charge in [0.15, 0.2) is 0 Å². The zero-order chi connectivity index (χ0) is 24.1. The largest absolute Gasteiger partial charge is 0.497 e. The van der Waals surface area contributed by atoms with E-state index in [0.717, 1.165) is 5.69 Å². The molecule has 1 heterocycles. The molecule has 3 N–H and O–H groups in total. The molecular weight excluding hydrogens is 456 g/mol. The van der Waals surface area contributed by atoms with Gasteiger partial charge < -0.3 is 25.6 Å². The van der Waals surface area contributed by atoms with E-state index >= 15 is 0 Å². The Balaban J connectivity index is 1.48. The Labute approximate surface area is 201 Å². The highest BCUT2D eigenvalue weighted by atomic mass is 35.5. The normalized spacial score (nSPS) is 13.1. The number of carbonyl (C=O) groups excluding carboxylic acids is 3. The van der Waals surface area contributed by atoms with Crippen LogP contribution in [0.1, 0.15) is 20.7 Å². The molecule has 0 spiro atoms. The Morgan fingerprint density at radius 3 is 2.47 bits per heavy atom. The van der Waals surface area contributed by atoms with Gasteiger partial charge in [0.2, 0.25) is 5.91 Å². The second kappa shape index (κ2) is 10.3. The summed E-state index contributed by atoms with van der Waals surface area (Å²) in [6, 6.07) is 18.6. The number of halogens is 1. The highest BCUT2D eigenvalue weighted by Gasteiger charge is 2.20. The van der Waals surface area contributed by atoms with Gasteiger partial charge in [-0.25, -0.2) is 0 Å². The lowest BCUT2D eigenvalue weighted by Gasteiger charge is -2.29. The van der Waals surface area contributed by atoms with Crippen molar-refractivity contribution in [2.75, 3.05) is 42.3 Å². The van der Waals surface area contributed by atoms with E-state index in [4.69, 9.17) is 16.3 Å². The van der Waals surface area contributed by atoms with Crippen molar-refractivity contribution in [3.63, 3.8) is 0 Å². The molecule has 0 radical (unpaired) electrons. The Morgan fingerprint density at radius 1 is 1.00 bits per heavy atom. The molecule has 0 aromatic heterocycles. The topological polar surface area (TPSA) is 99.8 Å². The number of methoxy groups -OCH3 is 1. The van der Waals surface area contributed by atoms with E-state index in [1.807, 2.05) is 4.90 Å². The van der Waals surface area contributed by atoms with E-state index in [1.54, 1.807) is 73.8 Å². The Morgan fingerprint density at radius 2 is 1.76 bits per heavy atom. The van der Waals surface area contributed by atoms with E-state index in [-0.39, 0.29) is 18.4 Å². The average molecular weight is 479 g/mol. The Hall–Kier alpha value is -4.04. The Kier molecular flexibility index (Phi) is 6.98. The maximum atomic E-state index is 13.0. The molecule has 0 atom stereocenters. The van der Waals surface area contributed by atoms with Gasteiger partial charge in [-0.15, -0.1) is 0 Å². The lowest BCUT2D eigenvalue weighted by molar-refractivity contribution is -0.120. The summed E-state index contributed by atoms with van der Waals surface area (Å²) < 4.78 is 5.11. The summed E-state index contributed by atoms with van der Waals surface area (Å²) in [5.74, 6) is -0.162. The summed E-state index contributed by atoms with van der Waals surface area (Å²) >= 11 is 6.44. The van der Waals surface area contributed by atoms with Crippen molar-refractivity contribution in [3.05, 3.63) is 82.9 Å². The third-order valence-corrected chi connectivity index (χ3v) is 5.66. The van der Waals surface area contributed by atoms with Crippen molar-refractivity contribution in [1.29, 1.82) is 0 Å². The van der Waals surface area contributed by atoms with Crippen molar-refractivity contribution in [3.8, 4) is 5.75 Å². The molecular formula is C25H23ClN4O4. The first-order valence-corrected chi connectivity index (χ1v) is 11.0. The van der Waals surface area contributed by atoms with Crippen molar-refractivity contribution in [2.45, 2.75) is 0 Å². The first kappa shape index (κ1) is 23.1. The molecule has 0 bridgehead atoms. The summed E-state index contributed by atoms with van der Waals surface area (Å²) in [6.07, 6.45) is 0. The highest BCUT2D eigenvalue weighted by molar-refractivity contribution is 6.33. The zero-order valence-corrected chi connectivity index (χ0v) is 19.2. The van der Waals surface area contributed by atoms with Crippen LogP contribution in [0.5, 0.6) is 5.75 Å². The fourth-order valence-corrected chi connectivity index (χ4v) is 3.91. The summed E-state index contributed by atoms with van der Waals surface area (Å²) in [5.41, 5.74) is 2.34. The van der Waals surface area contributed by atoms with Crippen molar-refractivity contribution < 1.29 is 19.1 Å². The fourth-order valence-electron chi connectivity index (χ4n) is 3.61. The molecule has 0 unspecified atom stereocenters. The number of nitrogens with zero attached hydrogens (tertiary/aromatic N) is 1. The number of hydrogen-bond acceptors (Lipinski definition) is 5. The lowest BCUT2D eigenvalue weighted by Crippen LogP contribution is -2.47. The monoisotopic (exact) mass is 478 g/mol. The predicted molar refractivity (Wildman–Crippen MR) is 132 cm³/mol. The molecule has 174 valence electrons. The molecule has 0 saturated carbocycles. The van der Waals surface area contributed by atoms with Crippen LogP contribution >= 0.6 is 11.6 Å². The second-order valence-corrected chi connectivity index (χ2v) is 8.03. The van der Waals surface area contributed by atoms with E-state index < -0.39 is 5.91 Å². The van der Waals surface area contributed by atoms with Crippen LogP contribution < -0.4 is 25.6 Å². The van der Waals surface area contributed by atoms with Gasteiger partial charge in [-0.2, -0.15) is 0 Å². The van der Waals surface area contributed by atoms with Gasteiger partial charge in [0.25, 0.3) is 11.8 Å². The first-order chi connectivity index (χ1) is 16.4. The third-order valence-electron chi connectivity index (χ3n) is 5.36. The Bertz CT molecular complexity index is 1230. The van der Waals surface area contributed by atoms with Gasteiger partial charge >= 0.3 is 0 Å². The van der Waals surface area contributed by atoms with Crippen LogP contribution in [0.25, 0.3) is 0 Å². The van der Waals surface area contributed by atoms with E-state index in [9.17, 15) is 14.4 Å².